The summed E-state index contributed by atoms with van der Waals surface area (Å²) in [5.41, 5.74) is -0.409. The third-order valence-corrected chi connectivity index (χ3v) is 4.12. The highest BCUT2D eigenvalue weighted by Gasteiger charge is 2.19. The van der Waals surface area contributed by atoms with Gasteiger partial charge in [0.1, 0.15) is 17.4 Å². The molecule has 122 valence electrons. The highest BCUT2D eigenvalue weighted by Crippen LogP contribution is 2.30. The van der Waals surface area contributed by atoms with Crippen LogP contribution in [0.2, 0.25) is 0 Å². The fourth-order valence-electron chi connectivity index (χ4n) is 2.40. The fourth-order valence-corrected chi connectivity index (χ4v) is 2.98. The van der Waals surface area contributed by atoms with Crippen molar-refractivity contribution in [1.29, 1.82) is 0 Å². The van der Waals surface area contributed by atoms with Gasteiger partial charge in [-0.3, -0.25) is 14.9 Å². The molecule has 0 atom stereocenters. The van der Waals surface area contributed by atoms with Crippen molar-refractivity contribution in [2.45, 2.75) is 6.92 Å². The molecule has 0 bridgehead atoms. The van der Waals surface area contributed by atoms with Crippen LogP contribution in [-0.4, -0.2) is 18.6 Å². The highest BCUT2D eigenvalue weighted by molar-refractivity contribution is 9.10. The molecule has 0 unspecified atom stereocenters. The largest absolute Gasteiger partial charge is 0.463 e. The van der Waals surface area contributed by atoms with Crippen LogP contribution < -0.4 is 10.7 Å². The van der Waals surface area contributed by atoms with Crippen molar-refractivity contribution in [3.8, 4) is 0 Å². The van der Waals surface area contributed by atoms with Gasteiger partial charge in [0.15, 0.2) is 0 Å². The number of amides is 2. The summed E-state index contributed by atoms with van der Waals surface area (Å²) >= 11 is 3.42. The Bertz CT molecular complexity index is 1020. The number of benzene rings is 2. The quantitative estimate of drug-likeness (QED) is 0.676. The summed E-state index contributed by atoms with van der Waals surface area (Å²) in [5, 5.41) is 3.86. The maximum absolute atomic E-state index is 12.6. The predicted octanol–water partition coefficient (Wildman–Crippen LogP) is 3.60. The van der Waals surface area contributed by atoms with E-state index in [1.807, 2.05) is 29.6 Å². The van der Waals surface area contributed by atoms with Crippen LogP contribution in [0.3, 0.4) is 0 Å². The Hall–Kier alpha value is -2.67. The number of hydrogen-bond acceptors (Lipinski definition) is 5. The molecule has 3 aromatic rings. The fraction of sp³-hybridized carbons (Fsp3) is 0.118. The van der Waals surface area contributed by atoms with Crippen LogP contribution >= 0.6 is 15.9 Å². The minimum Gasteiger partial charge on any atom is -0.463 e. The zero-order chi connectivity index (χ0) is 17.3. The zero-order valence-electron chi connectivity index (χ0n) is 12.6. The number of halogens is 1. The topological polar surface area (TPSA) is 85.6 Å². The lowest BCUT2D eigenvalue weighted by atomic mass is 10.1. The molecule has 0 fully saturated rings. The van der Waals surface area contributed by atoms with Gasteiger partial charge in [-0.1, -0.05) is 40.2 Å². The maximum Gasteiger partial charge on any atom is 0.414 e. The molecule has 2 aromatic carbocycles. The Kier molecular flexibility index (Phi) is 4.35. The second-order valence-corrected chi connectivity index (χ2v) is 5.79. The summed E-state index contributed by atoms with van der Waals surface area (Å²) in [4.78, 5) is 36.0. The normalized spacial score (nSPS) is 10.8. The molecular formula is C17H12BrNO5. The van der Waals surface area contributed by atoms with E-state index in [1.54, 1.807) is 13.0 Å². The smallest absolute Gasteiger partial charge is 0.414 e. The first-order valence-electron chi connectivity index (χ1n) is 7.13. The lowest BCUT2D eigenvalue weighted by molar-refractivity contribution is 0.0922. The Labute approximate surface area is 144 Å². The van der Waals surface area contributed by atoms with Crippen molar-refractivity contribution in [3.05, 3.63) is 56.9 Å². The first kappa shape index (κ1) is 16.2. The Morgan fingerprint density at radius 3 is 2.62 bits per heavy atom. The number of alkyl carbamates (subject to hydrolysis) is 1. The Morgan fingerprint density at radius 2 is 1.92 bits per heavy atom. The average Bonchev–Trinajstić information content (AvgIpc) is 2.56. The first-order chi connectivity index (χ1) is 11.5. The summed E-state index contributed by atoms with van der Waals surface area (Å²) in [6, 6.07) is 9.02. The van der Waals surface area contributed by atoms with Gasteiger partial charge in [0.25, 0.3) is 5.91 Å². The van der Waals surface area contributed by atoms with E-state index in [0.717, 1.165) is 17.0 Å². The van der Waals surface area contributed by atoms with Gasteiger partial charge in [-0.2, -0.15) is 0 Å². The molecule has 0 spiro atoms. The summed E-state index contributed by atoms with van der Waals surface area (Å²) in [6.45, 7) is 1.72. The molecule has 1 heterocycles. The Balaban J connectivity index is 2.15. The Morgan fingerprint density at radius 1 is 1.21 bits per heavy atom. The van der Waals surface area contributed by atoms with Gasteiger partial charge in [-0.15, -0.1) is 0 Å². The van der Waals surface area contributed by atoms with Crippen LogP contribution in [0.5, 0.6) is 0 Å². The maximum atomic E-state index is 12.6. The minimum atomic E-state index is -0.915. The molecule has 1 aromatic heterocycles. The van der Waals surface area contributed by atoms with Gasteiger partial charge in [0.05, 0.1) is 12.0 Å². The van der Waals surface area contributed by atoms with Gasteiger partial charge in [0, 0.05) is 9.86 Å². The number of carbonyl (C=O) groups is 2. The van der Waals surface area contributed by atoms with E-state index in [2.05, 4.69) is 20.7 Å². The molecule has 0 aliphatic heterocycles. The number of ether oxygens (including phenoxy) is 1. The lowest BCUT2D eigenvalue weighted by Crippen LogP contribution is -2.34. The van der Waals surface area contributed by atoms with Crippen molar-refractivity contribution >= 4 is 49.7 Å². The van der Waals surface area contributed by atoms with Gasteiger partial charge in [0.2, 0.25) is 5.43 Å². The number of fused-ring (bicyclic) bond motifs is 3. The van der Waals surface area contributed by atoms with Crippen molar-refractivity contribution in [2.75, 3.05) is 6.61 Å². The van der Waals surface area contributed by atoms with Crippen molar-refractivity contribution < 1.29 is 18.7 Å². The minimum absolute atomic E-state index is 0.115. The van der Waals surface area contributed by atoms with E-state index in [9.17, 15) is 14.4 Å². The molecular weight excluding hydrogens is 378 g/mol. The molecule has 24 heavy (non-hydrogen) atoms. The number of imide groups is 1. The molecule has 0 saturated heterocycles. The third-order valence-electron chi connectivity index (χ3n) is 3.46. The number of nitrogens with one attached hydrogen (secondary N) is 1. The standard InChI is InChI=1S/C17H12BrNO5/c1-2-23-17(22)19-16(21)12-8-24-15-10-6-4-3-5-9(10)13(18)7-11(15)14(12)20/h3-8H,2H2,1H3,(H,19,21,22). The van der Waals surface area contributed by atoms with E-state index in [0.29, 0.717) is 10.1 Å². The van der Waals surface area contributed by atoms with E-state index in [1.165, 1.54) is 0 Å². The average molecular weight is 390 g/mol. The third kappa shape index (κ3) is 2.78. The lowest BCUT2D eigenvalue weighted by Gasteiger charge is -2.07. The molecule has 0 radical (unpaired) electrons. The molecule has 0 aliphatic rings. The van der Waals surface area contributed by atoms with E-state index >= 15 is 0 Å². The zero-order valence-corrected chi connectivity index (χ0v) is 14.2. The molecule has 2 amide bonds. The number of rotatable bonds is 2. The molecule has 7 heteroatoms. The van der Waals surface area contributed by atoms with Crippen molar-refractivity contribution in [3.63, 3.8) is 0 Å². The molecule has 0 saturated carbocycles. The summed E-state index contributed by atoms with van der Waals surface area (Å²) < 4.78 is 10.9. The van der Waals surface area contributed by atoms with Gasteiger partial charge < -0.3 is 9.15 Å². The molecule has 3 rings (SSSR count). The number of hydrogen-bond donors (Lipinski definition) is 1. The van der Waals surface area contributed by atoms with Crippen LogP contribution in [0.4, 0.5) is 4.79 Å². The van der Waals surface area contributed by atoms with E-state index in [-0.39, 0.29) is 17.6 Å². The van der Waals surface area contributed by atoms with Gasteiger partial charge >= 0.3 is 6.09 Å². The van der Waals surface area contributed by atoms with Crippen LogP contribution in [0.15, 0.2) is 50.3 Å². The summed E-state index contributed by atoms with van der Waals surface area (Å²) in [5.74, 6) is -0.867. The van der Waals surface area contributed by atoms with E-state index < -0.39 is 17.4 Å². The molecule has 1 N–H and O–H groups in total. The second-order valence-electron chi connectivity index (χ2n) is 4.93. The first-order valence-corrected chi connectivity index (χ1v) is 7.93. The van der Waals surface area contributed by atoms with Crippen LogP contribution in [0.25, 0.3) is 21.7 Å². The van der Waals surface area contributed by atoms with Crippen molar-refractivity contribution in [2.24, 2.45) is 0 Å². The van der Waals surface area contributed by atoms with Gasteiger partial charge in [-0.05, 0) is 18.4 Å². The van der Waals surface area contributed by atoms with Gasteiger partial charge in [-0.25, -0.2) is 4.79 Å². The molecule has 6 nitrogen and oxygen atoms in total. The summed E-state index contributed by atoms with van der Waals surface area (Å²) in [6.07, 6.45) is 0.140. The number of carbonyl (C=O) groups excluding carboxylic acids is 2. The van der Waals surface area contributed by atoms with Crippen LogP contribution in [0, 0.1) is 0 Å². The molecule has 0 aliphatic carbocycles. The summed E-state index contributed by atoms with van der Waals surface area (Å²) in [7, 11) is 0. The second kappa shape index (κ2) is 6.45. The predicted molar refractivity (Wildman–Crippen MR) is 92.2 cm³/mol. The highest BCUT2D eigenvalue weighted by atomic mass is 79.9. The van der Waals surface area contributed by atoms with Crippen molar-refractivity contribution in [1.82, 2.24) is 5.32 Å². The SMILES string of the molecule is CCOC(=O)NC(=O)c1coc2c(cc(Br)c3ccccc32)c1=O. The monoisotopic (exact) mass is 389 g/mol. The van der Waals surface area contributed by atoms with Crippen LogP contribution in [-0.2, 0) is 4.74 Å². The van der Waals surface area contributed by atoms with E-state index in [4.69, 9.17) is 4.42 Å². The van der Waals surface area contributed by atoms with Crippen LogP contribution in [0.1, 0.15) is 17.3 Å².